The van der Waals surface area contributed by atoms with Crippen molar-refractivity contribution in [2.24, 2.45) is 5.92 Å². The zero-order valence-electron chi connectivity index (χ0n) is 12.7. The molecule has 0 aromatic carbocycles. The maximum absolute atomic E-state index is 10.1. The van der Waals surface area contributed by atoms with Crippen LogP contribution >= 0.6 is 0 Å². The Bertz CT molecular complexity index is 321. The van der Waals surface area contributed by atoms with Crippen molar-refractivity contribution in [3.63, 3.8) is 0 Å². The number of hydrogen-bond acceptors (Lipinski definition) is 3. The summed E-state index contributed by atoms with van der Waals surface area (Å²) in [5.41, 5.74) is 0.472. The van der Waals surface area contributed by atoms with E-state index in [0.29, 0.717) is 19.6 Å². The van der Waals surface area contributed by atoms with Gasteiger partial charge in [-0.15, -0.1) is 6.58 Å². The van der Waals surface area contributed by atoms with Crippen molar-refractivity contribution in [2.75, 3.05) is 13.2 Å². The first-order valence-electron chi connectivity index (χ1n) is 7.06. The number of hydrogen-bond donors (Lipinski definition) is 1. The molecule has 1 unspecified atom stereocenters. The Kier molecular flexibility index (Phi) is 5.78. The van der Waals surface area contributed by atoms with Gasteiger partial charge in [0.15, 0.2) is 5.79 Å². The second-order valence-corrected chi connectivity index (χ2v) is 6.03. The summed E-state index contributed by atoms with van der Waals surface area (Å²) in [6, 6.07) is 0. The zero-order valence-corrected chi connectivity index (χ0v) is 12.7. The van der Waals surface area contributed by atoms with Crippen LogP contribution in [0.1, 0.15) is 47.0 Å². The quantitative estimate of drug-likeness (QED) is 0.719. The molecule has 0 amide bonds. The fourth-order valence-electron chi connectivity index (χ4n) is 2.31. The van der Waals surface area contributed by atoms with E-state index < -0.39 is 11.4 Å². The minimum atomic E-state index is -0.821. The average molecular weight is 268 g/mol. The summed E-state index contributed by atoms with van der Waals surface area (Å²) in [7, 11) is 0. The molecule has 0 aromatic heterocycles. The van der Waals surface area contributed by atoms with Crippen LogP contribution in [-0.4, -0.2) is 29.7 Å². The van der Waals surface area contributed by atoms with Crippen molar-refractivity contribution >= 4 is 0 Å². The van der Waals surface area contributed by atoms with Crippen LogP contribution in [0.15, 0.2) is 24.3 Å². The monoisotopic (exact) mass is 268 g/mol. The van der Waals surface area contributed by atoms with Crippen LogP contribution in [0.5, 0.6) is 0 Å². The number of rotatable bonds is 7. The molecule has 1 saturated heterocycles. The van der Waals surface area contributed by atoms with Gasteiger partial charge in [-0.05, 0) is 47.0 Å². The lowest BCUT2D eigenvalue weighted by molar-refractivity contribution is -0.183. The highest BCUT2D eigenvalue weighted by Crippen LogP contribution is 2.35. The van der Waals surface area contributed by atoms with E-state index in [2.05, 4.69) is 26.5 Å². The van der Waals surface area contributed by atoms with E-state index in [9.17, 15) is 5.11 Å². The summed E-state index contributed by atoms with van der Waals surface area (Å²) in [4.78, 5) is 0. The van der Waals surface area contributed by atoms with Crippen molar-refractivity contribution in [3.8, 4) is 0 Å². The highest BCUT2D eigenvalue weighted by atomic mass is 16.7. The van der Waals surface area contributed by atoms with Crippen LogP contribution in [0.3, 0.4) is 0 Å². The van der Waals surface area contributed by atoms with Gasteiger partial charge in [0, 0.05) is 5.92 Å². The maximum Gasteiger partial charge on any atom is 0.168 e. The summed E-state index contributed by atoms with van der Waals surface area (Å²) < 4.78 is 11.5. The molecule has 0 aliphatic carbocycles. The Morgan fingerprint density at radius 3 is 2.47 bits per heavy atom. The zero-order chi connectivity index (χ0) is 14.5. The summed E-state index contributed by atoms with van der Waals surface area (Å²) in [6.45, 7) is 13.0. The first-order chi connectivity index (χ1) is 8.79. The van der Waals surface area contributed by atoms with Crippen molar-refractivity contribution in [1.29, 1.82) is 0 Å². The van der Waals surface area contributed by atoms with Gasteiger partial charge in [0.25, 0.3) is 0 Å². The molecule has 3 nitrogen and oxygen atoms in total. The summed E-state index contributed by atoms with van der Waals surface area (Å²) in [5, 5.41) is 10.1. The Labute approximate surface area is 117 Å². The van der Waals surface area contributed by atoms with E-state index in [4.69, 9.17) is 9.47 Å². The van der Waals surface area contributed by atoms with Crippen molar-refractivity contribution in [1.82, 2.24) is 0 Å². The minimum absolute atomic E-state index is 0.247. The van der Waals surface area contributed by atoms with Gasteiger partial charge < -0.3 is 14.6 Å². The Balaban J connectivity index is 2.69. The molecule has 0 aromatic rings. The third-order valence-corrected chi connectivity index (χ3v) is 3.85. The molecular formula is C16H28O3. The van der Waals surface area contributed by atoms with Crippen LogP contribution in [0.4, 0.5) is 0 Å². The smallest absolute Gasteiger partial charge is 0.168 e. The van der Waals surface area contributed by atoms with E-state index >= 15 is 0 Å². The van der Waals surface area contributed by atoms with Crippen molar-refractivity contribution in [3.05, 3.63) is 24.3 Å². The lowest BCUT2D eigenvalue weighted by atomic mass is 9.86. The molecule has 0 radical (unpaired) electrons. The standard InChI is InChI=1S/C16H28O3/c1-6-15(4,17)10-9-14(8-7-13(2)3)16(5)18-11-12-19-16/h6-7,14,17H,1,8-12H2,2-5H3/t14-,15?/m0/s1. The van der Waals surface area contributed by atoms with Crippen LogP contribution in [0.25, 0.3) is 0 Å². The molecule has 1 rings (SSSR count). The lowest BCUT2D eigenvalue weighted by Crippen LogP contribution is -2.37. The van der Waals surface area contributed by atoms with Crippen molar-refractivity contribution in [2.45, 2.75) is 58.3 Å². The molecule has 2 atom stereocenters. The molecular weight excluding hydrogens is 240 g/mol. The fraction of sp³-hybridized carbons (Fsp3) is 0.750. The van der Waals surface area contributed by atoms with Crippen LogP contribution in [0.2, 0.25) is 0 Å². The largest absolute Gasteiger partial charge is 0.386 e. The molecule has 1 heterocycles. The maximum atomic E-state index is 10.1. The first kappa shape index (κ1) is 16.4. The number of aliphatic hydroxyl groups is 1. The molecule has 19 heavy (non-hydrogen) atoms. The first-order valence-corrected chi connectivity index (χ1v) is 7.06. The second kappa shape index (κ2) is 6.69. The van der Waals surface area contributed by atoms with Gasteiger partial charge >= 0.3 is 0 Å². The predicted molar refractivity (Wildman–Crippen MR) is 77.9 cm³/mol. The highest BCUT2D eigenvalue weighted by molar-refractivity contribution is 4.98. The molecule has 1 aliphatic rings. The van der Waals surface area contributed by atoms with E-state index in [1.807, 2.05) is 6.92 Å². The molecule has 1 aliphatic heterocycles. The van der Waals surface area contributed by atoms with Gasteiger partial charge in [-0.3, -0.25) is 0 Å². The van der Waals surface area contributed by atoms with Crippen LogP contribution in [-0.2, 0) is 9.47 Å². The highest BCUT2D eigenvalue weighted by Gasteiger charge is 2.39. The summed E-state index contributed by atoms with van der Waals surface area (Å²) in [6.07, 6.45) is 6.23. The third-order valence-electron chi connectivity index (χ3n) is 3.85. The third kappa shape index (κ3) is 5.09. The average Bonchev–Trinajstić information content (AvgIpc) is 2.76. The molecule has 0 bridgehead atoms. The molecule has 3 heteroatoms. The SMILES string of the molecule is C=CC(C)(O)CC[C@H](CC=C(C)C)C1(C)OCCO1. The van der Waals surface area contributed by atoms with Gasteiger partial charge in [-0.1, -0.05) is 17.7 Å². The lowest BCUT2D eigenvalue weighted by Gasteiger charge is -2.33. The Morgan fingerprint density at radius 1 is 1.42 bits per heavy atom. The minimum Gasteiger partial charge on any atom is -0.386 e. The van der Waals surface area contributed by atoms with Gasteiger partial charge in [0.1, 0.15) is 0 Å². The van der Waals surface area contributed by atoms with Crippen LogP contribution in [0, 0.1) is 5.92 Å². The summed E-state index contributed by atoms with van der Waals surface area (Å²) >= 11 is 0. The Morgan fingerprint density at radius 2 is 2.00 bits per heavy atom. The molecule has 0 saturated carbocycles. The van der Waals surface area contributed by atoms with Gasteiger partial charge in [0.2, 0.25) is 0 Å². The van der Waals surface area contributed by atoms with E-state index in [1.165, 1.54) is 5.57 Å². The van der Waals surface area contributed by atoms with Gasteiger partial charge in [-0.2, -0.15) is 0 Å². The van der Waals surface area contributed by atoms with Gasteiger partial charge in [0.05, 0.1) is 18.8 Å². The van der Waals surface area contributed by atoms with E-state index in [1.54, 1.807) is 13.0 Å². The second-order valence-electron chi connectivity index (χ2n) is 6.03. The topological polar surface area (TPSA) is 38.7 Å². The fourth-order valence-corrected chi connectivity index (χ4v) is 2.31. The molecule has 0 spiro atoms. The van der Waals surface area contributed by atoms with Crippen LogP contribution < -0.4 is 0 Å². The number of ether oxygens (including phenoxy) is 2. The Hall–Kier alpha value is -0.640. The molecule has 1 N–H and O–H groups in total. The predicted octanol–water partition coefficient (Wildman–Crippen LogP) is 3.44. The molecule has 1 fully saturated rings. The van der Waals surface area contributed by atoms with E-state index in [0.717, 1.165) is 12.8 Å². The van der Waals surface area contributed by atoms with Crippen molar-refractivity contribution < 1.29 is 14.6 Å². The molecule has 110 valence electrons. The van der Waals surface area contributed by atoms with Gasteiger partial charge in [-0.25, -0.2) is 0 Å². The number of allylic oxidation sites excluding steroid dienone is 2. The van der Waals surface area contributed by atoms with E-state index in [-0.39, 0.29) is 5.92 Å². The normalized spacial score (nSPS) is 22.6. The summed E-state index contributed by atoms with van der Waals surface area (Å²) in [5.74, 6) is -0.278.